The molecule has 0 bridgehead atoms. The van der Waals surface area contributed by atoms with Crippen LogP contribution in [0.25, 0.3) is 0 Å². The minimum Gasteiger partial charge on any atom is -0.491 e. The van der Waals surface area contributed by atoms with Crippen LogP contribution >= 0.6 is 0 Å². The lowest BCUT2D eigenvalue weighted by Crippen LogP contribution is -2.42. The van der Waals surface area contributed by atoms with Crippen molar-refractivity contribution in [2.24, 2.45) is 10.9 Å². The van der Waals surface area contributed by atoms with Gasteiger partial charge in [0, 0.05) is 43.9 Å². The van der Waals surface area contributed by atoms with Crippen molar-refractivity contribution in [3.05, 3.63) is 59.1 Å². The number of amidine groups is 1. The van der Waals surface area contributed by atoms with Gasteiger partial charge in [0.1, 0.15) is 29.2 Å². The molecule has 32 heavy (non-hydrogen) atoms. The first-order valence-corrected chi connectivity index (χ1v) is 10.0. The van der Waals surface area contributed by atoms with E-state index in [9.17, 15) is 22.4 Å². The van der Waals surface area contributed by atoms with Gasteiger partial charge in [0.2, 0.25) is 5.91 Å². The number of nitrogens with zero attached hydrogens (tertiary/aromatic N) is 3. The quantitative estimate of drug-likeness (QED) is 0.673. The number of aromatic nitrogens is 1. The number of allylic oxidation sites excluding steroid dienone is 4. The first-order valence-electron chi connectivity index (χ1n) is 10.0. The summed E-state index contributed by atoms with van der Waals surface area (Å²) in [6.07, 6.45) is 0.843. The summed E-state index contributed by atoms with van der Waals surface area (Å²) in [5.74, 6) is -2.27. The second-order valence-electron chi connectivity index (χ2n) is 7.51. The summed E-state index contributed by atoms with van der Waals surface area (Å²) in [4.78, 5) is 22.6. The first kappa shape index (κ1) is 21.8. The topological polar surface area (TPSA) is 78.9 Å². The molecule has 2 N–H and O–H groups in total. The largest absolute Gasteiger partial charge is 0.491 e. The third-order valence-electron chi connectivity index (χ3n) is 5.31. The number of rotatable bonds is 5. The Morgan fingerprint density at radius 2 is 2.16 bits per heavy atom. The molecule has 2 aliphatic heterocycles. The molecular formula is C21H21F4N5O2. The number of hydrogen-bond acceptors (Lipinski definition) is 6. The predicted molar refractivity (Wildman–Crippen MR) is 108 cm³/mol. The van der Waals surface area contributed by atoms with Gasteiger partial charge in [-0.25, -0.2) is 9.38 Å². The summed E-state index contributed by atoms with van der Waals surface area (Å²) < 4.78 is 58.5. The van der Waals surface area contributed by atoms with Crippen molar-refractivity contribution in [1.29, 1.82) is 0 Å². The van der Waals surface area contributed by atoms with Gasteiger partial charge in [0.25, 0.3) is 0 Å². The Balaban J connectivity index is 1.59. The summed E-state index contributed by atoms with van der Waals surface area (Å²) in [5, 5.41) is 5.42. The number of hydrogen-bond donors (Lipinski definition) is 2. The highest BCUT2D eigenvalue weighted by molar-refractivity contribution is 6.01. The molecule has 170 valence electrons. The molecule has 4 rings (SSSR count). The molecular weight excluding hydrogens is 430 g/mol. The van der Waals surface area contributed by atoms with Crippen LogP contribution in [-0.2, 0) is 11.2 Å². The molecule has 1 aromatic rings. The molecule has 0 saturated carbocycles. The summed E-state index contributed by atoms with van der Waals surface area (Å²) >= 11 is 0. The van der Waals surface area contributed by atoms with Crippen molar-refractivity contribution < 1.29 is 27.1 Å². The van der Waals surface area contributed by atoms with Gasteiger partial charge in [-0.3, -0.25) is 9.78 Å². The van der Waals surface area contributed by atoms with Crippen molar-refractivity contribution in [2.45, 2.75) is 19.0 Å². The van der Waals surface area contributed by atoms with Crippen molar-refractivity contribution in [1.82, 2.24) is 20.5 Å². The fourth-order valence-electron chi connectivity index (χ4n) is 3.61. The molecule has 1 amide bonds. The minimum absolute atomic E-state index is 0.0316. The van der Waals surface area contributed by atoms with Crippen molar-refractivity contribution in [3.63, 3.8) is 0 Å². The van der Waals surface area contributed by atoms with Gasteiger partial charge >= 0.3 is 6.18 Å². The van der Waals surface area contributed by atoms with Crippen LogP contribution in [0.3, 0.4) is 0 Å². The summed E-state index contributed by atoms with van der Waals surface area (Å²) in [6.45, 7) is 0.849. The molecule has 1 aliphatic carbocycles. The highest BCUT2D eigenvalue weighted by atomic mass is 19.4. The lowest BCUT2D eigenvalue weighted by molar-refractivity contribution is -0.168. The van der Waals surface area contributed by atoms with Crippen LogP contribution in [0.2, 0.25) is 0 Å². The Bertz CT molecular complexity index is 1050. The number of alkyl halides is 3. The van der Waals surface area contributed by atoms with Crippen LogP contribution in [0.4, 0.5) is 17.6 Å². The summed E-state index contributed by atoms with van der Waals surface area (Å²) in [5.41, 5.74) is 1.63. The van der Waals surface area contributed by atoms with E-state index >= 15 is 0 Å². The number of pyridine rings is 1. The van der Waals surface area contributed by atoms with Gasteiger partial charge in [0.15, 0.2) is 0 Å². The third-order valence-corrected chi connectivity index (χ3v) is 5.31. The number of amides is 1. The van der Waals surface area contributed by atoms with Crippen molar-refractivity contribution in [2.75, 3.05) is 26.7 Å². The number of ether oxygens (including phenoxy) is 1. The van der Waals surface area contributed by atoms with Crippen LogP contribution in [0, 0.1) is 5.92 Å². The molecule has 0 fully saturated rings. The van der Waals surface area contributed by atoms with Gasteiger partial charge in [-0.15, -0.1) is 0 Å². The predicted octanol–water partition coefficient (Wildman–Crippen LogP) is 2.58. The monoisotopic (exact) mass is 451 g/mol. The molecule has 1 aromatic heterocycles. The summed E-state index contributed by atoms with van der Waals surface area (Å²) in [7, 11) is 1.52. The summed E-state index contributed by atoms with van der Waals surface area (Å²) in [6, 6.07) is 1.78. The first-order chi connectivity index (χ1) is 15.2. The fourth-order valence-corrected chi connectivity index (χ4v) is 3.61. The second-order valence-corrected chi connectivity index (χ2v) is 7.51. The number of fused-ring (bicyclic) bond motifs is 1. The number of nitrogens with one attached hydrogen (secondary N) is 2. The molecule has 3 heterocycles. The zero-order chi connectivity index (χ0) is 22.9. The van der Waals surface area contributed by atoms with Gasteiger partial charge < -0.3 is 20.3 Å². The Labute approximate surface area is 181 Å². The molecule has 3 aliphatic rings. The molecule has 0 aromatic carbocycles. The number of carbonyl (C=O) groups is 1. The Morgan fingerprint density at radius 3 is 2.91 bits per heavy atom. The molecule has 0 spiro atoms. The van der Waals surface area contributed by atoms with Crippen LogP contribution < -0.4 is 15.4 Å². The van der Waals surface area contributed by atoms with Crippen LogP contribution in [0.1, 0.15) is 17.7 Å². The Kier molecular flexibility index (Phi) is 5.90. The van der Waals surface area contributed by atoms with Crippen LogP contribution in [0.5, 0.6) is 5.75 Å². The number of aliphatic imine (C=N–C) groups is 1. The molecule has 1 unspecified atom stereocenters. The van der Waals surface area contributed by atoms with Gasteiger partial charge in [0.05, 0.1) is 18.8 Å². The van der Waals surface area contributed by atoms with E-state index in [1.165, 1.54) is 13.1 Å². The van der Waals surface area contributed by atoms with Gasteiger partial charge in [-0.1, -0.05) is 0 Å². The average molecular weight is 451 g/mol. The van der Waals surface area contributed by atoms with E-state index in [0.29, 0.717) is 36.0 Å². The van der Waals surface area contributed by atoms with Crippen LogP contribution in [-0.4, -0.2) is 54.5 Å². The zero-order valence-corrected chi connectivity index (χ0v) is 17.2. The molecule has 7 nitrogen and oxygen atoms in total. The van der Waals surface area contributed by atoms with Gasteiger partial charge in [-0.2, -0.15) is 13.2 Å². The highest BCUT2D eigenvalue weighted by Gasteiger charge is 2.44. The van der Waals surface area contributed by atoms with E-state index in [2.05, 4.69) is 20.6 Å². The zero-order valence-electron chi connectivity index (χ0n) is 17.2. The smallest absolute Gasteiger partial charge is 0.398 e. The lowest BCUT2D eigenvalue weighted by atomic mass is 9.96. The molecule has 0 saturated heterocycles. The lowest BCUT2D eigenvalue weighted by Gasteiger charge is -2.29. The van der Waals surface area contributed by atoms with Crippen molar-refractivity contribution in [3.8, 4) is 5.75 Å². The normalized spacial score (nSPS) is 20.4. The Morgan fingerprint density at radius 1 is 1.34 bits per heavy atom. The third kappa shape index (κ3) is 4.61. The van der Waals surface area contributed by atoms with Crippen molar-refractivity contribution >= 4 is 11.7 Å². The van der Waals surface area contributed by atoms with Crippen LogP contribution in [0.15, 0.2) is 52.8 Å². The fraction of sp³-hybridized carbons (Fsp3) is 0.381. The molecule has 0 radical (unpaired) electrons. The second kappa shape index (κ2) is 8.64. The maximum atomic E-state index is 13.7. The molecule has 1 atom stereocenters. The molecule has 11 heteroatoms. The number of carbonyl (C=O) groups excluding carboxylic acids is 1. The van der Waals surface area contributed by atoms with E-state index in [4.69, 9.17) is 4.74 Å². The SMILES string of the molecule is CNC(=O)CN1CC=C(NC2=CC=C(F)C(C(F)(F)F)C2)N=C1c1cnc2c(c1)OCC2. The highest BCUT2D eigenvalue weighted by Crippen LogP contribution is 2.39. The van der Waals surface area contributed by atoms with E-state index in [0.717, 1.165) is 11.8 Å². The number of halogens is 4. The van der Waals surface area contributed by atoms with Gasteiger partial charge in [-0.05, 0) is 24.3 Å². The maximum absolute atomic E-state index is 13.7. The Hall–Kier alpha value is -3.37. The van der Waals surface area contributed by atoms with E-state index in [1.807, 2.05) is 0 Å². The van der Waals surface area contributed by atoms with E-state index < -0.39 is 24.3 Å². The van der Waals surface area contributed by atoms with E-state index in [1.54, 1.807) is 23.2 Å². The number of likely N-dealkylation sites (N-methyl/N-ethyl adjacent to an activating group) is 1. The van der Waals surface area contributed by atoms with E-state index in [-0.39, 0.29) is 24.7 Å². The average Bonchev–Trinajstić information content (AvgIpc) is 3.23. The minimum atomic E-state index is -4.68. The maximum Gasteiger partial charge on any atom is 0.398 e. The standard InChI is InChI=1S/C21H21F4N5O2/c1-26-19(31)11-30-6-4-18(28-13-2-3-15(22)14(9-13)21(23,24)25)29-20(30)12-8-17-16(27-10-12)5-7-32-17/h2-4,8,10,14,28H,5-7,9,11H2,1H3,(H,26,31).